The number of ketones is 2. The molecule has 11 atom stereocenters. The van der Waals surface area contributed by atoms with E-state index < -0.39 is 28.6 Å². The van der Waals surface area contributed by atoms with Crippen LogP contribution >= 0.6 is 11.6 Å². The van der Waals surface area contributed by atoms with Gasteiger partial charge in [-0.2, -0.15) is 0 Å². The number of Topliss-reactive ketones (excluding diaryl/α,β-unsaturated/α-hetero) is 2. The highest BCUT2D eigenvalue weighted by atomic mass is 35.5. The highest BCUT2D eigenvalue weighted by Gasteiger charge is 2.67. The predicted molar refractivity (Wildman–Crippen MR) is 120 cm³/mol. The number of fused-ring (bicyclic) bond motifs is 7. The summed E-state index contributed by atoms with van der Waals surface area (Å²) in [6.07, 6.45) is 12.8. The molecule has 2 saturated carbocycles. The lowest BCUT2D eigenvalue weighted by molar-refractivity contribution is -0.155. The Kier molecular flexibility index (Phi) is 5.10. The molecule has 3 aliphatic carbocycles. The molecule has 5 aliphatic rings. The van der Waals surface area contributed by atoms with E-state index in [2.05, 4.69) is 32.1 Å². The monoisotopic (exact) mass is 458 g/mol. The lowest BCUT2D eigenvalue weighted by atomic mass is 9.51. The number of alkyl halides is 1. The smallest absolute Gasteiger partial charge is 0.316 e. The van der Waals surface area contributed by atoms with Crippen molar-refractivity contribution in [2.75, 3.05) is 0 Å². The van der Waals surface area contributed by atoms with Crippen LogP contribution in [0.2, 0.25) is 0 Å². The lowest BCUT2D eigenvalue weighted by Crippen LogP contribution is -2.60. The van der Waals surface area contributed by atoms with E-state index in [0.29, 0.717) is 0 Å². The number of esters is 1. The topological polar surface area (TPSA) is 73.0 Å². The molecule has 32 heavy (non-hydrogen) atoms. The molecule has 0 radical (unpaired) electrons. The van der Waals surface area contributed by atoms with Crippen molar-refractivity contribution < 1.29 is 23.9 Å². The maximum absolute atomic E-state index is 14.0. The number of cyclic esters (lactones) is 1. The highest BCUT2D eigenvalue weighted by Crippen LogP contribution is 2.61. The lowest BCUT2D eigenvalue weighted by Gasteiger charge is -2.51. The zero-order chi connectivity index (χ0) is 23.0. The first-order valence-corrected chi connectivity index (χ1v) is 12.1. The van der Waals surface area contributed by atoms with Crippen molar-refractivity contribution in [3.05, 3.63) is 36.5 Å². The number of hydrogen-bond acceptors (Lipinski definition) is 5. The molecule has 0 aromatic carbocycles. The number of carbonyl (C=O) groups is 3. The first-order valence-electron chi connectivity index (χ1n) is 11.8. The van der Waals surface area contributed by atoms with Crippen LogP contribution in [0.25, 0.3) is 0 Å². The Morgan fingerprint density at radius 1 is 0.938 bits per heavy atom. The Labute approximate surface area is 194 Å². The van der Waals surface area contributed by atoms with E-state index in [9.17, 15) is 14.4 Å². The van der Waals surface area contributed by atoms with Crippen LogP contribution in [0.15, 0.2) is 36.5 Å². The van der Waals surface area contributed by atoms with E-state index in [4.69, 9.17) is 21.1 Å². The average molecular weight is 459 g/mol. The second-order valence-corrected chi connectivity index (χ2v) is 11.3. The van der Waals surface area contributed by atoms with Gasteiger partial charge in [0, 0.05) is 5.92 Å². The van der Waals surface area contributed by atoms with Gasteiger partial charge in [0.05, 0.1) is 11.7 Å². The van der Waals surface area contributed by atoms with Gasteiger partial charge in [0.25, 0.3) is 0 Å². The van der Waals surface area contributed by atoms with Crippen molar-refractivity contribution in [2.45, 2.75) is 63.2 Å². The molecule has 3 fully saturated rings. The van der Waals surface area contributed by atoms with Gasteiger partial charge >= 0.3 is 5.97 Å². The van der Waals surface area contributed by atoms with E-state index >= 15 is 0 Å². The molecule has 0 N–H and O–H groups in total. The number of allylic oxidation sites excluding steroid dienone is 5. The fourth-order valence-corrected chi connectivity index (χ4v) is 7.39. The predicted octanol–water partition coefficient (Wildman–Crippen LogP) is 4.05. The van der Waals surface area contributed by atoms with Crippen molar-refractivity contribution in [2.24, 2.45) is 41.4 Å². The largest absolute Gasteiger partial charge is 0.458 e. The van der Waals surface area contributed by atoms with Gasteiger partial charge in [0.15, 0.2) is 16.4 Å². The fraction of sp³-hybridized carbons (Fsp3) is 0.654. The van der Waals surface area contributed by atoms with Crippen LogP contribution in [-0.4, -0.2) is 40.2 Å². The summed E-state index contributed by atoms with van der Waals surface area (Å²) in [5, 5.41) is 0. The van der Waals surface area contributed by atoms with E-state index in [0.717, 1.165) is 6.42 Å². The molecule has 1 saturated heterocycles. The maximum Gasteiger partial charge on any atom is 0.316 e. The number of ether oxygens (including phenoxy) is 2. The number of carbonyl (C=O) groups excluding carboxylic acids is 3. The molecule has 6 heteroatoms. The quantitative estimate of drug-likeness (QED) is 0.180. The minimum Gasteiger partial charge on any atom is -0.458 e. The molecule has 1 unspecified atom stereocenters. The van der Waals surface area contributed by atoms with Crippen molar-refractivity contribution in [1.82, 2.24) is 0 Å². The van der Waals surface area contributed by atoms with Crippen molar-refractivity contribution >= 4 is 29.1 Å². The van der Waals surface area contributed by atoms with Gasteiger partial charge in [-0.05, 0) is 69.3 Å². The Morgan fingerprint density at radius 2 is 1.66 bits per heavy atom. The van der Waals surface area contributed by atoms with Gasteiger partial charge in [-0.15, -0.1) is 11.6 Å². The number of hydrogen-bond donors (Lipinski definition) is 0. The molecule has 0 spiro atoms. The summed E-state index contributed by atoms with van der Waals surface area (Å²) in [5.41, 5.74) is -0.112. The molecule has 5 rings (SSSR count). The van der Waals surface area contributed by atoms with E-state index in [1.54, 1.807) is 13.0 Å². The van der Waals surface area contributed by atoms with Gasteiger partial charge < -0.3 is 9.47 Å². The summed E-state index contributed by atoms with van der Waals surface area (Å²) in [4.78, 5) is 38.4. The second kappa shape index (κ2) is 7.39. The molecule has 172 valence electrons. The number of halogens is 1. The van der Waals surface area contributed by atoms with Gasteiger partial charge in [-0.25, -0.2) is 0 Å². The van der Waals surface area contributed by atoms with Gasteiger partial charge in [-0.1, -0.05) is 37.3 Å². The summed E-state index contributed by atoms with van der Waals surface area (Å²) in [5.74, 6) is -2.46. The zero-order valence-electron chi connectivity index (χ0n) is 19.0. The molecule has 2 aliphatic heterocycles. The van der Waals surface area contributed by atoms with Crippen molar-refractivity contribution in [1.29, 1.82) is 0 Å². The summed E-state index contributed by atoms with van der Waals surface area (Å²) in [6.45, 7) is 7.55. The normalized spacial score (nSPS) is 54.2. The first-order chi connectivity index (χ1) is 15.1. The van der Waals surface area contributed by atoms with Crippen LogP contribution in [0, 0.1) is 41.4 Å². The number of epoxide rings is 1. The molecule has 0 amide bonds. The third kappa shape index (κ3) is 3.19. The van der Waals surface area contributed by atoms with E-state index in [-0.39, 0.29) is 59.4 Å². The maximum atomic E-state index is 14.0. The fourth-order valence-electron chi connectivity index (χ4n) is 6.92. The van der Waals surface area contributed by atoms with Crippen LogP contribution in [0.1, 0.15) is 40.5 Å². The molecule has 2 bridgehead atoms. The molecule has 5 nitrogen and oxygen atoms in total. The summed E-state index contributed by atoms with van der Waals surface area (Å²) in [6, 6.07) is 0. The van der Waals surface area contributed by atoms with Gasteiger partial charge in [0.1, 0.15) is 12.0 Å². The molecule has 2 heterocycles. The van der Waals surface area contributed by atoms with Crippen LogP contribution in [0.5, 0.6) is 0 Å². The Balaban J connectivity index is 1.59. The highest BCUT2D eigenvalue weighted by molar-refractivity contribution is 6.48. The van der Waals surface area contributed by atoms with Crippen LogP contribution < -0.4 is 0 Å². The Morgan fingerprint density at radius 3 is 2.41 bits per heavy atom. The third-order valence-electron chi connectivity index (χ3n) is 8.57. The summed E-state index contributed by atoms with van der Waals surface area (Å²) in [7, 11) is 0. The molecular weight excluding hydrogens is 428 g/mol. The SMILES string of the molecule is C[C@@H]1C(=O)O[C@@H](C)/C=C/C=C\[C@H]2CC(Cl)(C1=O)C(=O)[C@@H]1[C@H]2C=C[C@@H]2C[C@]3(C)O[C@@H]3[C@@H](C)[C@@H]12. The Hall–Kier alpha value is -1.72. The van der Waals surface area contributed by atoms with Gasteiger partial charge in [0.2, 0.25) is 0 Å². The van der Waals surface area contributed by atoms with Crippen molar-refractivity contribution in [3.63, 3.8) is 0 Å². The third-order valence-corrected chi connectivity index (χ3v) is 9.09. The second-order valence-electron chi connectivity index (χ2n) is 10.7. The standard InChI is InChI=1S/C26H31ClO5/c1-13-7-5-6-8-16-12-26(27,21(28)15(3)24(30)31-13)22(29)20-18(16)10-9-17-11-25(4)23(32-25)14(2)19(17)20/h5-10,13-20,23H,11-12H2,1-4H3/b7-5+,8-6-/t13-,14-,15-,16-,17+,18-,19+,20+,23+,25-,26?/m0/s1. The van der Waals surface area contributed by atoms with Crippen molar-refractivity contribution in [3.8, 4) is 0 Å². The minimum atomic E-state index is -1.72. The van der Waals surface area contributed by atoms with E-state index in [1.807, 2.05) is 12.2 Å². The van der Waals surface area contributed by atoms with Crippen LogP contribution in [-0.2, 0) is 23.9 Å². The molecule has 0 aromatic rings. The van der Waals surface area contributed by atoms with Crippen LogP contribution in [0.3, 0.4) is 0 Å². The molecular formula is C26H31ClO5. The first kappa shape index (κ1) is 22.1. The summed E-state index contributed by atoms with van der Waals surface area (Å²) >= 11 is 6.96. The minimum absolute atomic E-state index is 0.0127. The Bertz CT molecular complexity index is 952. The number of rotatable bonds is 0. The van der Waals surface area contributed by atoms with Crippen LogP contribution in [0.4, 0.5) is 0 Å². The summed E-state index contributed by atoms with van der Waals surface area (Å²) < 4.78 is 11.4. The molecule has 0 aromatic heterocycles. The van der Waals surface area contributed by atoms with E-state index in [1.165, 1.54) is 6.92 Å². The average Bonchev–Trinajstić information content (AvgIpc) is 3.44. The van der Waals surface area contributed by atoms with Gasteiger partial charge in [-0.3, -0.25) is 14.4 Å². The zero-order valence-corrected chi connectivity index (χ0v) is 19.7.